The maximum absolute atomic E-state index is 9.57. The Morgan fingerprint density at radius 3 is 2.83 bits per heavy atom. The van der Waals surface area contributed by atoms with Crippen LogP contribution < -0.4 is 0 Å². The molecule has 2 aromatic rings. The van der Waals surface area contributed by atoms with E-state index < -0.39 is 0 Å². The van der Waals surface area contributed by atoms with Crippen molar-refractivity contribution in [1.82, 2.24) is 4.98 Å². The topological polar surface area (TPSA) is 58.6 Å². The maximum Gasteiger partial charge on any atom is 0.310 e. The van der Waals surface area contributed by atoms with Gasteiger partial charge in [0.2, 0.25) is 0 Å². The molecule has 0 atom stereocenters. The summed E-state index contributed by atoms with van der Waals surface area (Å²) in [5, 5.41) is 9.57. The highest BCUT2D eigenvalue weighted by molar-refractivity contribution is 6.21. The van der Waals surface area contributed by atoms with E-state index in [0.29, 0.717) is 11.6 Å². The Morgan fingerprint density at radius 2 is 2.11 bits per heavy atom. The quantitative estimate of drug-likeness (QED) is 0.832. The van der Waals surface area contributed by atoms with Crippen LogP contribution in [0.3, 0.4) is 0 Å². The van der Waals surface area contributed by atoms with Crippen molar-refractivity contribution < 1.29 is 9.52 Å². The van der Waals surface area contributed by atoms with E-state index in [4.69, 9.17) is 4.42 Å². The lowest BCUT2D eigenvalue weighted by atomic mass is 10.0. The monoisotopic (exact) mass is 240 g/mol. The molecule has 18 heavy (non-hydrogen) atoms. The van der Waals surface area contributed by atoms with Crippen molar-refractivity contribution in [3.8, 4) is 5.95 Å². The number of aryl methyl sites for hydroxylation is 2. The maximum atomic E-state index is 9.57. The average Bonchev–Trinajstić information content (AvgIpc) is 2.84. The van der Waals surface area contributed by atoms with Gasteiger partial charge >= 0.3 is 5.95 Å². The van der Waals surface area contributed by atoms with E-state index in [9.17, 15) is 5.11 Å². The van der Waals surface area contributed by atoms with Crippen LogP contribution in [0.1, 0.15) is 22.7 Å². The van der Waals surface area contributed by atoms with Gasteiger partial charge in [0.25, 0.3) is 0 Å². The average molecular weight is 240 g/mol. The lowest BCUT2D eigenvalue weighted by Crippen LogP contribution is -1.82. The minimum atomic E-state index is -0.158. The van der Waals surface area contributed by atoms with Crippen molar-refractivity contribution >= 4 is 23.6 Å². The summed E-state index contributed by atoms with van der Waals surface area (Å²) in [6.07, 6.45) is 3.55. The van der Waals surface area contributed by atoms with E-state index >= 15 is 0 Å². The van der Waals surface area contributed by atoms with E-state index in [2.05, 4.69) is 9.98 Å². The van der Waals surface area contributed by atoms with E-state index in [-0.39, 0.29) is 5.95 Å². The molecule has 0 aliphatic carbocycles. The lowest BCUT2D eigenvalue weighted by molar-refractivity contribution is 0.322. The van der Waals surface area contributed by atoms with Crippen LogP contribution in [0.2, 0.25) is 0 Å². The summed E-state index contributed by atoms with van der Waals surface area (Å²) in [6.45, 7) is 3.73. The Hall–Kier alpha value is -2.36. The number of oxazole rings is 1. The molecule has 0 spiro atoms. The van der Waals surface area contributed by atoms with Crippen LogP contribution in [0.4, 0.5) is 5.69 Å². The molecule has 1 N–H and O–H groups in total. The molecule has 0 fully saturated rings. The molecule has 4 heteroatoms. The zero-order valence-electron chi connectivity index (χ0n) is 10.1. The van der Waals surface area contributed by atoms with Gasteiger partial charge in [-0.05, 0) is 24.6 Å². The Labute approximate surface area is 104 Å². The number of hydrogen-bond acceptors (Lipinski definition) is 4. The molecule has 90 valence electrons. The van der Waals surface area contributed by atoms with Crippen molar-refractivity contribution in [1.29, 1.82) is 0 Å². The summed E-state index contributed by atoms with van der Waals surface area (Å²) in [7, 11) is 0. The van der Waals surface area contributed by atoms with Gasteiger partial charge < -0.3 is 9.52 Å². The second kappa shape index (κ2) is 3.84. The van der Waals surface area contributed by atoms with E-state index in [0.717, 1.165) is 16.8 Å². The van der Waals surface area contributed by atoms with Gasteiger partial charge in [0.05, 0.1) is 5.69 Å². The molecule has 3 rings (SSSR count). The van der Waals surface area contributed by atoms with E-state index in [1.54, 1.807) is 19.2 Å². The first-order valence-electron chi connectivity index (χ1n) is 5.66. The summed E-state index contributed by atoms with van der Waals surface area (Å²) in [6, 6.07) is 6.09. The van der Waals surface area contributed by atoms with Gasteiger partial charge in [-0.3, -0.25) is 4.99 Å². The number of aromatic nitrogens is 1. The summed E-state index contributed by atoms with van der Waals surface area (Å²) < 4.78 is 4.99. The fraction of sp³-hybridized carbons (Fsp3) is 0.143. The lowest BCUT2D eigenvalue weighted by Gasteiger charge is -2.00. The molecule has 1 aromatic heterocycles. The van der Waals surface area contributed by atoms with Crippen LogP contribution in [0.25, 0.3) is 11.6 Å². The number of benzene rings is 1. The SMILES string of the molecule is Cc1ccc2c(c1)N=C/C2=C\c1nc(C)oc1O. The van der Waals surface area contributed by atoms with Crippen molar-refractivity contribution in [3.05, 3.63) is 40.9 Å². The van der Waals surface area contributed by atoms with Gasteiger partial charge in [-0.15, -0.1) is 0 Å². The molecular formula is C14H12N2O2. The highest BCUT2D eigenvalue weighted by Gasteiger charge is 2.14. The van der Waals surface area contributed by atoms with Gasteiger partial charge in [0.15, 0.2) is 5.89 Å². The highest BCUT2D eigenvalue weighted by atomic mass is 16.5. The second-order valence-electron chi connectivity index (χ2n) is 4.30. The number of allylic oxidation sites excluding steroid dienone is 1. The van der Waals surface area contributed by atoms with Crippen molar-refractivity contribution in [2.24, 2.45) is 4.99 Å². The molecule has 1 aliphatic heterocycles. The third-order valence-electron chi connectivity index (χ3n) is 2.84. The Bertz CT molecular complexity index is 681. The molecule has 0 unspecified atom stereocenters. The standard InChI is InChI=1S/C14H12N2O2/c1-8-3-4-11-10(7-15-12(11)5-8)6-13-14(17)18-9(2)16-13/h3-7,17H,1-2H3/b10-6+. The molecule has 0 amide bonds. The van der Waals surface area contributed by atoms with Crippen LogP contribution in [0.5, 0.6) is 5.95 Å². The van der Waals surface area contributed by atoms with Gasteiger partial charge in [-0.1, -0.05) is 12.1 Å². The van der Waals surface area contributed by atoms with Crippen molar-refractivity contribution in [2.75, 3.05) is 0 Å². The third-order valence-corrected chi connectivity index (χ3v) is 2.84. The molecule has 0 bridgehead atoms. The summed E-state index contributed by atoms with van der Waals surface area (Å²) in [5.41, 5.74) is 4.52. The van der Waals surface area contributed by atoms with Gasteiger partial charge in [-0.25, -0.2) is 4.98 Å². The Morgan fingerprint density at radius 1 is 1.28 bits per heavy atom. The number of aliphatic imine (C=N–C) groups is 1. The number of nitrogens with zero attached hydrogens (tertiary/aromatic N) is 2. The second-order valence-corrected chi connectivity index (χ2v) is 4.30. The normalized spacial score (nSPS) is 15.3. The van der Waals surface area contributed by atoms with Crippen molar-refractivity contribution in [3.63, 3.8) is 0 Å². The summed E-state index contributed by atoms with van der Waals surface area (Å²) >= 11 is 0. The predicted octanol–water partition coefficient (Wildman–Crippen LogP) is 3.25. The zero-order valence-corrected chi connectivity index (χ0v) is 10.1. The molecule has 1 aromatic carbocycles. The van der Waals surface area contributed by atoms with Gasteiger partial charge in [0, 0.05) is 24.3 Å². The first-order chi connectivity index (χ1) is 8.63. The largest absolute Gasteiger partial charge is 0.479 e. The predicted molar refractivity (Wildman–Crippen MR) is 70.1 cm³/mol. The molecule has 0 saturated carbocycles. The molecule has 0 radical (unpaired) electrons. The smallest absolute Gasteiger partial charge is 0.310 e. The van der Waals surface area contributed by atoms with E-state index in [1.807, 2.05) is 25.1 Å². The summed E-state index contributed by atoms with van der Waals surface area (Å²) in [4.78, 5) is 8.45. The minimum absolute atomic E-state index is 0.158. The van der Waals surface area contributed by atoms with Gasteiger partial charge in [0.1, 0.15) is 5.69 Å². The van der Waals surface area contributed by atoms with Crippen LogP contribution in [0, 0.1) is 13.8 Å². The van der Waals surface area contributed by atoms with E-state index in [1.165, 1.54) is 5.56 Å². The first-order valence-corrected chi connectivity index (χ1v) is 5.66. The number of aromatic hydroxyl groups is 1. The summed E-state index contributed by atoms with van der Waals surface area (Å²) in [5.74, 6) is 0.285. The van der Waals surface area contributed by atoms with Crippen LogP contribution in [-0.4, -0.2) is 16.3 Å². The van der Waals surface area contributed by atoms with Crippen LogP contribution in [0.15, 0.2) is 27.6 Å². The number of fused-ring (bicyclic) bond motifs is 1. The third kappa shape index (κ3) is 1.72. The van der Waals surface area contributed by atoms with Crippen LogP contribution in [-0.2, 0) is 0 Å². The zero-order chi connectivity index (χ0) is 12.7. The molecule has 4 nitrogen and oxygen atoms in total. The van der Waals surface area contributed by atoms with Crippen LogP contribution >= 0.6 is 0 Å². The Kier molecular flexibility index (Phi) is 2.30. The highest BCUT2D eigenvalue weighted by Crippen LogP contribution is 2.34. The molecule has 0 saturated heterocycles. The van der Waals surface area contributed by atoms with Gasteiger partial charge in [-0.2, -0.15) is 0 Å². The van der Waals surface area contributed by atoms with Crippen molar-refractivity contribution in [2.45, 2.75) is 13.8 Å². The first kappa shape index (κ1) is 10.8. The molecule has 1 aliphatic rings. The number of hydrogen-bond donors (Lipinski definition) is 1. The fourth-order valence-corrected chi connectivity index (χ4v) is 1.99. The fourth-order valence-electron chi connectivity index (χ4n) is 1.99. The molecule has 2 heterocycles. The molecular weight excluding hydrogens is 228 g/mol. The minimum Gasteiger partial charge on any atom is -0.479 e. The Balaban J connectivity index is 2.07. The number of rotatable bonds is 1.